The maximum Gasteiger partial charge on any atom is 0.407 e. The molecule has 1 aromatic carbocycles. The Kier molecular flexibility index (Phi) is 6.57. The van der Waals surface area contributed by atoms with Crippen LogP contribution >= 0.6 is 0 Å². The number of ether oxygens (including phenoxy) is 1. The van der Waals surface area contributed by atoms with Crippen LogP contribution in [0.3, 0.4) is 0 Å². The standard InChI is InChI=1S/C18H28FNO3/c1-13(2)18(12-21,10-14-7-6-8-15(19)9-14)11-20-16(22)23-17(3,4)5/h6-9,13,21H,10-12H2,1-5H3,(H,20,22). The van der Waals surface area contributed by atoms with Gasteiger partial charge in [0, 0.05) is 12.0 Å². The lowest BCUT2D eigenvalue weighted by molar-refractivity contribution is 0.0394. The molecule has 0 radical (unpaired) electrons. The number of alkyl carbamates (subject to hydrolysis) is 1. The first kappa shape index (κ1) is 19.4. The molecule has 0 saturated heterocycles. The van der Waals surface area contributed by atoms with E-state index >= 15 is 0 Å². The van der Waals surface area contributed by atoms with Gasteiger partial charge >= 0.3 is 6.09 Å². The average molecular weight is 325 g/mol. The number of carbonyl (C=O) groups is 1. The van der Waals surface area contributed by atoms with Crippen molar-refractivity contribution in [2.45, 2.75) is 46.6 Å². The van der Waals surface area contributed by atoms with Crippen LogP contribution in [0.2, 0.25) is 0 Å². The maximum absolute atomic E-state index is 13.4. The number of aliphatic hydroxyl groups excluding tert-OH is 1. The number of hydrogen-bond acceptors (Lipinski definition) is 3. The number of amides is 1. The van der Waals surface area contributed by atoms with Gasteiger partial charge in [0.15, 0.2) is 0 Å². The molecule has 0 aliphatic heterocycles. The van der Waals surface area contributed by atoms with E-state index in [2.05, 4.69) is 5.32 Å². The van der Waals surface area contributed by atoms with E-state index in [9.17, 15) is 14.3 Å². The van der Waals surface area contributed by atoms with Gasteiger partial charge in [-0.05, 0) is 50.8 Å². The van der Waals surface area contributed by atoms with E-state index < -0.39 is 17.1 Å². The molecule has 2 N–H and O–H groups in total. The number of aliphatic hydroxyl groups is 1. The van der Waals surface area contributed by atoms with Crippen LogP contribution in [0.5, 0.6) is 0 Å². The fourth-order valence-electron chi connectivity index (χ4n) is 2.38. The fraction of sp³-hybridized carbons (Fsp3) is 0.611. The van der Waals surface area contributed by atoms with Gasteiger partial charge in [0.1, 0.15) is 11.4 Å². The van der Waals surface area contributed by atoms with E-state index in [1.165, 1.54) is 12.1 Å². The molecule has 1 aromatic rings. The molecule has 0 fully saturated rings. The third kappa shape index (κ3) is 6.18. The highest BCUT2D eigenvalue weighted by Crippen LogP contribution is 2.31. The number of rotatable bonds is 6. The van der Waals surface area contributed by atoms with Crippen molar-refractivity contribution in [3.63, 3.8) is 0 Å². The summed E-state index contributed by atoms with van der Waals surface area (Å²) in [6.07, 6.45) is -0.0513. The van der Waals surface area contributed by atoms with Gasteiger partial charge in [0.2, 0.25) is 0 Å². The molecule has 0 bridgehead atoms. The summed E-state index contributed by atoms with van der Waals surface area (Å²) in [5, 5.41) is 12.7. The molecule has 0 spiro atoms. The average Bonchev–Trinajstić information content (AvgIpc) is 2.41. The molecule has 0 aromatic heterocycles. The predicted octanol–water partition coefficient (Wildman–Crippen LogP) is 3.53. The Hall–Kier alpha value is -1.62. The minimum absolute atomic E-state index is 0.0886. The minimum Gasteiger partial charge on any atom is -0.444 e. The molecule has 1 atom stereocenters. The highest BCUT2D eigenvalue weighted by molar-refractivity contribution is 5.67. The van der Waals surface area contributed by atoms with Crippen molar-refractivity contribution in [2.24, 2.45) is 11.3 Å². The zero-order valence-electron chi connectivity index (χ0n) is 14.6. The molecular formula is C18H28FNO3. The third-order valence-corrected chi connectivity index (χ3v) is 3.97. The monoisotopic (exact) mass is 325 g/mol. The van der Waals surface area contributed by atoms with Gasteiger partial charge in [-0.3, -0.25) is 0 Å². The first-order valence-corrected chi connectivity index (χ1v) is 7.90. The van der Waals surface area contributed by atoms with Crippen LogP contribution in [0.15, 0.2) is 24.3 Å². The van der Waals surface area contributed by atoms with E-state index in [0.717, 1.165) is 5.56 Å². The molecule has 0 aliphatic rings. The van der Waals surface area contributed by atoms with E-state index in [4.69, 9.17) is 4.74 Å². The fourth-order valence-corrected chi connectivity index (χ4v) is 2.38. The highest BCUT2D eigenvalue weighted by Gasteiger charge is 2.34. The molecule has 4 nitrogen and oxygen atoms in total. The Morgan fingerprint density at radius 3 is 2.48 bits per heavy atom. The van der Waals surface area contributed by atoms with Crippen LogP contribution in [0, 0.1) is 17.2 Å². The summed E-state index contributed by atoms with van der Waals surface area (Å²) < 4.78 is 18.6. The second-order valence-corrected chi connectivity index (χ2v) is 7.34. The van der Waals surface area contributed by atoms with Gasteiger partial charge in [0.25, 0.3) is 0 Å². The van der Waals surface area contributed by atoms with E-state index in [1.807, 2.05) is 19.9 Å². The topological polar surface area (TPSA) is 58.6 Å². The molecule has 5 heteroatoms. The van der Waals surface area contributed by atoms with Crippen molar-refractivity contribution < 1.29 is 19.0 Å². The summed E-state index contributed by atoms with van der Waals surface area (Å²) >= 11 is 0. The lowest BCUT2D eigenvalue weighted by atomic mass is 9.73. The van der Waals surface area contributed by atoms with Gasteiger partial charge in [-0.1, -0.05) is 26.0 Å². The van der Waals surface area contributed by atoms with Crippen molar-refractivity contribution in [2.75, 3.05) is 13.2 Å². The van der Waals surface area contributed by atoms with Gasteiger partial charge in [-0.2, -0.15) is 0 Å². The summed E-state index contributed by atoms with van der Waals surface area (Å²) in [6, 6.07) is 6.32. The van der Waals surface area contributed by atoms with Crippen LogP contribution < -0.4 is 5.32 Å². The summed E-state index contributed by atoms with van der Waals surface area (Å²) in [6.45, 7) is 9.48. The number of benzene rings is 1. The van der Waals surface area contributed by atoms with Gasteiger partial charge < -0.3 is 15.2 Å². The van der Waals surface area contributed by atoms with Gasteiger partial charge in [0.05, 0.1) is 6.61 Å². The zero-order valence-corrected chi connectivity index (χ0v) is 14.6. The molecule has 0 aliphatic carbocycles. The van der Waals surface area contributed by atoms with Crippen molar-refractivity contribution >= 4 is 6.09 Å². The lowest BCUT2D eigenvalue weighted by Gasteiger charge is -2.36. The smallest absolute Gasteiger partial charge is 0.407 e. The second kappa shape index (κ2) is 7.77. The summed E-state index contributed by atoms with van der Waals surface area (Å²) in [5.74, 6) is -0.219. The van der Waals surface area contributed by atoms with Gasteiger partial charge in [-0.15, -0.1) is 0 Å². The Balaban J connectivity index is 2.84. The van der Waals surface area contributed by atoms with Crippen LogP contribution in [-0.2, 0) is 11.2 Å². The lowest BCUT2D eigenvalue weighted by Crippen LogP contribution is -2.46. The molecule has 130 valence electrons. The molecule has 1 rings (SSSR count). The minimum atomic E-state index is -0.579. The van der Waals surface area contributed by atoms with Crippen LogP contribution in [0.25, 0.3) is 0 Å². The molecule has 0 saturated carbocycles. The number of carbonyl (C=O) groups excluding carboxylic acids is 1. The first-order chi connectivity index (χ1) is 10.6. The number of nitrogens with one attached hydrogen (secondary N) is 1. The highest BCUT2D eigenvalue weighted by atomic mass is 19.1. The summed E-state index contributed by atoms with van der Waals surface area (Å²) in [5.41, 5.74) is -0.365. The van der Waals surface area contributed by atoms with Crippen LogP contribution in [-0.4, -0.2) is 30.0 Å². The van der Waals surface area contributed by atoms with Gasteiger partial charge in [-0.25, -0.2) is 9.18 Å². The zero-order chi connectivity index (χ0) is 17.7. The van der Waals surface area contributed by atoms with E-state index in [0.29, 0.717) is 6.42 Å². The van der Waals surface area contributed by atoms with Crippen LogP contribution in [0.4, 0.5) is 9.18 Å². The Bertz CT molecular complexity index is 525. The predicted molar refractivity (Wildman–Crippen MR) is 88.7 cm³/mol. The second-order valence-electron chi connectivity index (χ2n) is 7.34. The molecular weight excluding hydrogens is 297 g/mol. The number of halogens is 1. The number of hydrogen-bond donors (Lipinski definition) is 2. The van der Waals surface area contributed by atoms with Crippen molar-refractivity contribution in [3.05, 3.63) is 35.6 Å². The largest absolute Gasteiger partial charge is 0.444 e. The van der Waals surface area contributed by atoms with Crippen molar-refractivity contribution in [3.8, 4) is 0 Å². The Morgan fingerprint density at radius 2 is 2.00 bits per heavy atom. The molecule has 1 amide bonds. The maximum atomic E-state index is 13.4. The summed E-state index contributed by atoms with van der Waals surface area (Å²) in [4.78, 5) is 11.9. The first-order valence-electron chi connectivity index (χ1n) is 7.90. The third-order valence-electron chi connectivity index (χ3n) is 3.97. The Labute approximate surface area is 138 Å². The van der Waals surface area contributed by atoms with Crippen LogP contribution in [0.1, 0.15) is 40.2 Å². The van der Waals surface area contributed by atoms with Crippen molar-refractivity contribution in [1.82, 2.24) is 5.32 Å². The molecule has 23 heavy (non-hydrogen) atoms. The summed E-state index contributed by atoms with van der Waals surface area (Å²) in [7, 11) is 0. The van der Waals surface area contributed by atoms with E-state index in [1.54, 1.807) is 26.8 Å². The Morgan fingerprint density at radius 1 is 1.35 bits per heavy atom. The molecule has 0 heterocycles. The quantitative estimate of drug-likeness (QED) is 0.841. The molecule has 1 unspecified atom stereocenters. The van der Waals surface area contributed by atoms with Crippen molar-refractivity contribution in [1.29, 1.82) is 0 Å². The van der Waals surface area contributed by atoms with E-state index in [-0.39, 0.29) is 24.9 Å². The normalized spacial score (nSPS) is 14.4. The SMILES string of the molecule is CC(C)C(CO)(CNC(=O)OC(C)(C)C)Cc1cccc(F)c1.